The number of aliphatic hydroxyl groups is 1. The van der Waals surface area contributed by atoms with Crippen LogP contribution in [-0.2, 0) is 13.0 Å². The Kier molecular flexibility index (Phi) is 3.70. The van der Waals surface area contributed by atoms with Gasteiger partial charge in [0, 0.05) is 6.42 Å². The van der Waals surface area contributed by atoms with Crippen molar-refractivity contribution >= 4 is 0 Å². The second kappa shape index (κ2) is 4.81. The van der Waals surface area contributed by atoms with E-state index in [4.69, 9.17) is 5.11 Å². The van der Waals surface area contributed by atoms with Crippen LogP contribution >= 0.6 is 0 Å². The number of unbranched alkanes of at least 4 members (excludes halogenated alkanes) is 2. The summed E-state index contributed by atoms with van der Waals surface area (Å²) < 4.78 is 4.81. The Morgan fingerprint density at radius 3 is 2.92 bits per heavy atom. The third kappa shape index (κ3) is 2.42. The van der Waals surface area contributed by atoms with Gasteiger partial charge in [0.15, 0.2) is 10.3 Å². The molecule has 0 aliphatic heterocycles. The van der Waals surface area contributed by atoms with Gasteiger partial charge in [0.05, 0.1) is 0 Å². The predicted molar refractivity (Wildman–Crippen MR) is 45.6 cm³/mol. The van der Waals surface area contributed by atoms with Crippen molar-refractivity contribution < 1.29 is 14.3 Å². The molecule has 5 heteroatoms. The lowest BCUT2D eigenvalue weighted by molar-refractivity contribution is -0.720. The monoisotopic (exact) mass is 187 g/mol. The SMILES string of the molecule is CCCCCc1[nH]o[n+](=O)c1CO. The first-order chi connectivity index (χ1) is 6.29. The van der Waals surface area contributed by atoms with E-state index in [2.05, 4.69) is 16.7 Å². The van der Waals surface area contributed by atoms with Crippen LogP contribution in [0.4, 0.5) is 0 Å². The molecule has 1 rings (SSSR count). The molecule has 74 valence electrons. The molecule has 0 atom stereocenters. The Labute approximate surface area is 75.9 Å². The molecule has 0 spiro atoms. The summed E-state index contributed by atoms with van der Waals surface area (Å²) >= 11 is 0. The van der Waals surface area contributed by atoms with Crippen LogP contribution in [0.2, 0.25) is 0 Å². The average Bonchev–Trinajstić information content (AvgIpc) is 2.47. The van der Waals surface area contributed by atoms with E-state index in [1.165, 1.54) is 0 Å². The number of nitrogens with zero attached hydrogens (tertiary/aromatic N) is 1. The van der Waals surface area contributed by atoms with E-state index in [1.54, 1.807) is 0 Å². The van der Waals surface area contributed by atoms with Gasteiger partial charge in [-0.25, -0.2) is 0 Å². The maximum absolute atomic E-state index is 10.9. The molecule has 0 saturated heterocycles. The second-order valence-corrected chi connectivity index (χ2v) is 2.99. The Morgan fingerprint density at radius 2 is 2.31 bits per heavy atom. The molecular formula is C8H15N2O3+. The quantitative estimate of drug-likeness (QED) is 0.668. The maximum atomic E-state index is 10.9. The van der Waals surface area contributed by atoms with E-state index in [1.807, 2.05) is 0 Å². The van der Waals surface area contributed by atoms with Crippen LogP contribution < -0.4 is 4.60 Å². The fraction of sp³-hybridized carbons (Fsp3) is 0.750. The highest BCUT2D eigenvalue weighted by Gasteiger charge is 2.17. The first-order valence-corrected chi connectivity index (χ1v) is 4.52. The van der Waals surface area contributed by atoms with Crippen molar-refractivity contribution in [1.82, 2.24) is 5.16 Å². The van der Waals surface area contributed by atoms with E-state index in [0.717, 1.165) is 25.7 Å². The van der Waals surface area contributed by atoms with Crippen molar-refractivity contribution in [2.75, 3.05) is 0 Å². The van der Waals surface area contributed by atoms with Crippen LogP contribution in [0.3, 0.4) is 0 Å². The van der Waals surface area contributed by atoms with Gasteiger partial charge in [-0.15, -0.1) is 0 Å². The van der Waals surface area contributed by atoms with E-state index < -0.39 is 0 Å². The minimum atomic E-state index is -0.280. The molecule has 1 aromatic rings. The number of aryl methyl sites for hydroxylation is 1. The summed E-state index contributed by atoms with van der Waals surface area (Å²) in [5.74, 6) is 0. The number of nitrogens with one attached hydrogen (secondary N) is 1. The van der Waals surface area contributed by atoms with Crippen molar-refractivity contribution in [2.24, 2.45) is 0 Å². The fourth-order valence-electron chi connectivity index (χ4n) is 1.22. The number of rotatable bonds is 5. The Hall–Kier alpha value is -1.10. The summed E-state index contributed by atoms with van der Waals surface area (Å²) in [5.41, 5.74) is 0.988. The molecule has 1 aromatic heterocycles. The molecule has 0 unspecified atom stereocenters. The van der Waals surface area contributed by atoms with E-state index in [-0.39, 0.29) is 12.3 Å². The topological polar surface area (TPSA) is 72.1 Å². The van der Waals surface area contributed by atoms with E-state index in [9.17, 15) is 4.91 Å². The second-order valence-electron chi connectivity index (χ2n) is 2.99. The summed E-state index contributed by atoms with van der Waals surface area (Å²) in [6.45, 7) is 1.83. The molecule has 1 heterocycles. The van der Waals surface area contributed by atoms with Crippen molar-refractivity contribution in [3.8, 4) is 0 Å². The number of aromatic amines is 1. The summed E-state index contributed by atoms with van der Waals surface area (Å²) in [4.78, 5) is 10.9. The van der Waals surface area contributed by atoms with Gasteiger partial charge in [-0.1, -0.05) is 29.6 Å². The molecule has 0 aliphatic rings. The molecule has 5 nitrogen and oxygen atoms in total. The lowest BCUT2D eigenvalue weighted by Crippen LogP contribution is -2.16. The van der Waals surface area contributed by atoms with Crippen molar-refractivity contribution in [2.45, 2.75) is 39.2 Å². The normalized spacial score (nSPS) is 10.6. The number of hydrogen-bond donors (Lipinski definition) is 2. The minimum Gasteiger partial charge on any atom is -0.387 e. The summed E-state index contributed by atoms with van der Waals surface area (Å²) in [5, 5.41) is 11.3. The van der Waals surface area contributed by atoms with Crippen LogP contribution in [0, 0.1) is 4.91 Å². The zero-order valence-corrected chi connectivity index (χ0v) is 7.75. The van der Waals surface area contributed by atoms with Gasteiger partial charge in [0.25, 0.3) is 5.69 Å². The lowest BCUT2D eigenvalue weighted by Gasteiger charge is -1.91. The Bertz CT molecular complexity index is 303. The highest BCUT2D eigenvalue weighted by molar-refractivity contribution is 5.01. The van der Waals surface area contributed by atoms with Crippen molar-refractivity contribution in [3.63, 3.8) is 0 Å². The van der Waals surface area contributed by atoms with Gasteiger partial charge in [-0.3, -0.25) is 0 Å². The zero-order chi connectivity index (χ0) is 9.68. The van der Waals surface area contributed by atoms with Gasteiger partial charge < -0.3 is 5.11 Å². The smallest absolute Gasteiger partial charge is 0.270 e. The summed E-state index contributed by atoms with van der Waals surface area (Å²) in [6, 6.07) is 0. The molecule has 0 saturated carbocycles. The van der Waals surface area contributed by atoms with E-state index in [0.29, 0.717) is 10.3 Å². The van der Waals surface area contributed by atoms with Crippen molar-refractivity contribution in [1.29, 1.82) is 0 Å². The summed E-state index contributed by atoms with van der Waals surface area (Å²) in [6.07, 6.45) is 3.99. The fourth-order valence-corrected chi connectivity index (χ4v) is 1.22. The van der Waals surface area contributed by atoms with Crippen LogP contribution in [0.1, 0.15) is 37.6 Å². The number of hydrogen-bond acceptors (Lipinski definition) is 3. The number of aliphatic hydroxyl groups excluding tert-OH is 1. The standard InChI is InChI=1S/C8H15N2O3/c1-2-3-4-5-7-8(6-11)10(12)13-9-7/h9,11H,2-6H2,1H3/q+1. The van der Waals surface area contributed by atoms with Crippen LogP contribution in [-0.4, -0.2) is 10.3 Å². The lowest BCUT2D eigenvalue weighted by atomic mass is 10.1. The third-order valence-electron chi connectivity index (χ3n) is 2.00. The number of H-pyrrole nitrogens is 1. The van der Waals surface area contributed by atoms with Gasteiger partial charge >= 0.3 is 0 Å². The molecule has 0 amide bonds. The van der Waals surface area contributed by atoms with Crippen LogP contribution in [0.25, 0.3) is 0 Å². The minimum absolute atomic E-state index is 0.280. The van der Waals surface area contributed by atoms with Gasteiger partial charge in [-0.2, -0.15) is 0 Å². The van der Waals surface area contributed by atoms with E-state index >= 15 is 0 Å². The average molecular weight is 187 g/mol. The molecule has 0 bridgehead atoms. The Balaban J connectivity index is 2.60. The Morgan fingerprint density at radius 1 is 1.54 bits per heavy atom. The van der Waals surface area contributed by atoms with Crippen LogP contribution in [0.5, 0.6) is 0 Å². The first kappa shape index (κ1) is 9.98. The first-order valence-electron chi connectivity index (χ1n) is 4.52. The van der Waals surface area contributed by atoms with Gasteiger partial charge in [0.1, 0.15) is 6.61 Å². The highest BCUT2D eigenvalue weighted by Crippen LogP contribution is 2.06. The molecule has 2 N–H and O–H groups in total. The van der Waals surface area contributed by atoms with Crippen molar-refractivity contribution in [3.05, 3.63) is 16.3 Å². The zero-order valence-electron chi connectivity index (χ0n) is 7.75. The predicted octanol–water partition coefficient (Wildman–Crippen LogP) is 0.747. The van der Waals surface area contributed by atoms with Gasteiger partial charge in [-0.05, 0) is 11.3 Å². The third-order valence-corrected chi connectivity index (χ3v) is 2.00. The molecule has 0 radical (unpaired) electrons. The number of aromatic nitrogens is 2. The largest absolute Gasteiger partial charge is 0.387 e. The molecule has 0 fully saturated rings. The molecule has 13 heavy (non-hydrogen) atoms. The maximum Gasteiger partial charge on any atom is 0.270 e. The van der Waals surface area contributed by atoms with Crippen LogP contribution in [0.15, 0.2) is 4.63 Å². The summed E-state index contributed by atoms with van der Waals surface area (Å²) in [7, 11) is 0. The van der Waals surface area contributed by atoms with Gasteiger partial charge in [0.2, 0.25) is 0 Å². The highest BCUT2D eigenvalue weighted by atomic mass is 16.7. The molecule has 0 aromatic carbocycles. The molecule has 0 aliphatic carbocycles. The molecular weight excluding hydrogens is 172 g/mol.